The Morgan fingerprint density at radius 3 is 2.35 bits per heavy atom. The van der Waals surface area contributed by atoms with Crippen LogP contribution in [0.15, 0.2) is 42.6 Å². The molecule has 20 heavy (non-hydrogen) atoms. The van der Waals surface area contributed by atoms with E-state index >= 15 is 0 Å². The first kappa shape index (κ1) is 14.3. The summed E-state index contributed by atoms with van der Waals surface area (Å²) in [5.41, 5.74) is 0. The molecule has 0 aliphatic carbocycles. The van der Waals surface area contributed by atoms with Gasteiger partial charge in [-0.25, -0.2) is 17.8 Å². The van der Waals surface area contributed by atoms with E-state index < -0.39 is 10.0 Å². The molecule has 1 heterocycles. The van der Waals surface area contributed by atoms with Gasteiger partial charge in [0, 0.05) is 0 Å². The number of nitrogens with zero attached hydrogens (tertiary/aromatic N) is 1. The van der Waals surface area contributed by atoms with E-state index in [0.29, 0.717) is 11.5 Å². The van der Waals surface area contributed by atoms with Crippen LogP contribution in [0.5, 0.6) is 11.5 Å². The van der Waals surface area contributed by atoms with Gasteiger partial charge in [0.2, 0.25) is 10.0 Å². The highest BCUT2D eigenvalue weighted by Crippen LogP contribution is 2.21. The molecule has 1 N–H and O–H groups in total. The number of pyridine rings is 1. The molecule has 2 aromatic rings. The molecule has 0 fully saturated rings. The summed E-state index contributed by atoms with van der Waals surface area (Å²) >= 11 is 0. The molecule has 0 bridgehead atoms. The largest absolute Gasteiger partial charge is 0.456 e. The first-order valence-corrected chi connectivity index (χ1v) is 7.54. The summed E-state index contributed by atoms with van der Waals surface area (Å²) in [7, 11) is -3.34. The van der Waals surface area contributed by atoms with Gasteiger partial charge in [-0.05, 0) is 43.3 Å². The van der Waals surface area contributed by atoms with Gasteiger partial charge in [0.25, 0.3) is 0 Å². The van der Waals surface area contributed by atoms with E-state index in [1.54, 1.807) is 6.07 Å². The van der Waals surface area contributed by atoms with Gasteiger partial charge in [-0.2, -0.15) is 0 Å². The van der Waals surface area contributed by atoms with E-state index in [1.807, 2.05) is 0 Å². The number of sulfonamides is 1. The van der Waals surface area contributed by atoms with Gasteiger partial charge in [0.1, 0.15) is 23.1 Å². The predicted molar refractivity (Wildman–Crippen MR) is 73.8 cm³/mol. The van der Waals surface area contributed by atoms with Crippen LogP contribution in [0.4, 0.5) is 10.2 Å². The van der Waals surface area contributed by atoms with Gasteiger partial charge in [-0.1, -0.05) is 0 Å². The molecule has 0 aliphatic heterocycles. The average molecular weight is 296 g/mol. The number of anilines is 1. The molecule has 0 aliphatic rings. The van der Waals surface area contributed by atoms with E-state index in [0.717, 1.165) is 0 Å². The van der Waals surface area contributed by atoms with Crippen molar-refractivity contribution >= 4 is 15.8 Å². The Kier molecular flexibility index (Phi) is 4.19. The molecule has 0 unspecified atom stereocenters. The maximum Gasteiger partial charge on any atom is 0.233 e. The quantitative estimate of drug-likeness (QED) is 0.921. The first-order valence-electron chi connectivity index (χ1n) is 5.88. The number of hydrogen-bond donors (Lipinski definition) is 1. The van der Waals surface area contributed by atoms with E-state index in [2.05, 4.69) is 9.71 Å². The molecule has 0 spiro atoms. The molecule has 0 amide bonds. The van der Waals surface area contributed by atoms with E-state index in [4.69, 9.17) is 4.74 Å². The van der Waals surface area contributed by atoms with Crippen LogP contribution in [-0.2, 0) is 10.0 Å². The predicted octanol–water partition coefficient (Wildman–Crippen LogP) is 2.77. The maximum absolute atomic E-state index is 12.7. The molecule has 1 aromatic carbocycles. The van der Waals surface area contributed by atoms with Crippen LogP contribution in [-0.4, -0.2) is 19.2 Å². The number of rotatable bonds is 5. The third-order valence-corrected chi connectivity index (χ3v) is 3.71. The first-order chi connectivity index (χ1) is 9.48. The van der Waals surface area contributed by atoms with Gasteiger partial charge < -0.3 is 4.74 Å². The van der Waals surface area contributed by atoms with Crippen molar-refractivity contribution in [1.82, 2.24) is 4.98 Å². The zero-order valence-electron chi connectivity index (χ0n) is 10.7. The van der Waals surface area contributed by atoms with Crippen LogP contribution in [0.2, 0.25) is 0 Å². The third kappa shape index (κ3) is 3.92. The van der Waals surface area contributed by atoms with E-state index in [9.17, 15) is 12.8 Å². The molecule has 2 rings (SSSR count). The highest BCUT2D eigenvalue weighted by Gasteiger charge is 2.07. The molecular formula is C13H13FN2O3S. The minimum absolute atomic E-state index is 0.0253. The Bertz CT molecular complexity index is 670. The minimum atomic E-state index is -3.34. The summed E-state index contributed by atoms with van der Waals surface area (Å²) in [5, 5.41) is 0. The lowest BCUT2D eigenvalue weighted by Gasteiger charge is -2.07. The van der Waals surface area contributed by atoms with Gasteiger partial charge >= 0.3 is 0 Å². The lowest BCUT2D eigenvalue weighted by molar-refractivity contribution is 0.478. The number of halogens is 1. The van der Waals surface area contributed by atoms with Crippen molar-refractivity contribution in [3.8, 4) is 11.5 Å². The molecular weight excluding hydrogens is 283 g/mol. The second kappa shape index (κ2) is 5.87. The van der Waals surface area contributed by atoms with Crippen molar-refractivity contribution in [2.75, 3.05) is 10.5 Å². The number of benzene rings is 1. The average Bonchev–Trinajstić information content (AvgIpc) is 2.43. The normalized spacial score (nSPS) is 11.1. The molecule has 0 saturated carbocycles. The smallest absolute Gasteiger partial charge is 0.233 e. The number of ether oxygens (including phenoxy) is 1. The third-order valence-electron chi connectivity index (χ3n) is 2.43. The lowest BCUT2D eigenvalue weighted by atomic mass is 10.3. The van der Waals surface area contributed by atoms with Crippen LogP contribution in [0, 0.1) is 5.82 Å². The summed E-state index contributed by atoms with van der Waals surface area (Å²) in [4.78, 5) is 3.94. The standard InChI is InChI=1S/C13H13FN2O3S/c1-2-20(17,18)16-13-8-7-12(9-15-13)19-11-5-3-10(14)4-6-11/h3-9H,2H2,1H3,(H,15,16). The molecule has 0 atom stereocenters. The SMILES string of the molecule is CCS(=O)(=O)Nc1ccc(Oc2ccc(F)cc2)cn1. The number of hydrogen-bond acceptors (Lipinski definition) is 4. The summed E-state index contributed by atoms with van der Waals surface area (Å²) in [6.45, 7) is 1.54. The Hall–Kier alpha value is -2.15. The van der Waals surface area contributed by atoms with Crippen LogP contribution in [0.3, 0.4) is 0 Å². The van der Waals surface area contributed by atoms with Crippen LogP contribution < -0.4 is 9.46 Å². The lowest BCUT2D eigenvalue weighted by Crippen LogP contribution is -2.15. The van der Waals surface area contributed by atoms with Crippen LogP contribution in [0.25, 0.3) is 0 Å². The fourth-order valence-electron chi connectivity index (χ4n) is 1.37. The molecule has 5 nitrogen and oxygen atoms in total. The van der Waals surface area contributed by atoms with E-state index in [-0.39, 0.29) is 17.4 Å². The Labute approximate surface area is 116 Å². The van der Waals surface area contributed by atoms with Crippen molar-refractivity contribution < 1.29 is 17.5 Å². The molecule has 106 valence electrons. The molecule has 7 heteroatoms. The molecule has 0 saturated heterocycles. The molecule has 1 aromatic heterocycles. The number of nitrogens with one attached hydrogen (secondary N) is 1. The molecule has 0 radical (unpaired) electrons. The van der Waals surface area contributed by atoms with Crippen LogP contribution in [0.1, 0.15) is 6.92 Å². The van der Waals surface area contributed by atoms with Crippen molar-refractivity contribution in [3.63, 3.8) is 0 Å². The Morgan fingerprint density at radius 1 is 1.15 bits per heavy atom. The van der Waals surface area contributed by atoms with Crippen LogP contribution >= 0.6 is 0 Å². The fourth-order valence-corrected chi connectivity index (χ4v) is 1.95. The fraction of sp³-hybridized carbons (Fsp3) is 0.154. The highest BCUT2D eigenvalue weighted by molar-refractivity contribution is 7.92. The number of aromatic nitrogens is 1. The summed E-state index contributed by atoms with van der Waals surface area (Å²) in [5.74, 6) is 0.743. The van der Waals surface area contributed by atoms with Crippen molar-refractivity contribution in [2.24, 2.45) is 0 Å². The Morgan fingerprint density at radius 2 is 1.80 bits per heavy atom. The Balaban J connectivity index is 2.07. The second-order valence-corrected chi connectivity index (χ2v) is 5.95. The minimum Gasteiger partial charge on any atom is -0.456 e. The van der Waals surface area contributed by atoms with Crippen molar-refractivity contribution in [2.45, 2.75) is 6.92 Å². The van der Waals surface area contributed by atoms with Gasteiger partial charge in [-0.15, -0.1) is 0 Å². The monoisotopic (exact) mass is 296 g/mol. The summed E-state index contributed by atoms with van der Waals surface area (Å²) < 4.78 is 43.2. The van der Waals surface area contributed by atoms with E-state index in [1.165, 1.54) is 43.5 Å². The van der Waals surface area contributed by atoms with Gasteiger partial charge in [-0.3, -0.25) is 4.72 Å². The van der Waals surface area contributed by atoms with Crippen molar-refractivity contribution in [3.05, 3.63) is 48.4 Å². The highest BCUT2D eigenvalue weighted by atomic mass is 32.2. The van der Waals surface area contributed by atoms with Gasteiger partial charge in [0.15, 0.2) is 0 Å². The van der Waals surface area contributed by atoms with Gasteiger partial charge in [0.05, 0.1) is 11.9 Å². The zero-order chi connectivity index (χ0) is 14.6. The maximum atomic E-state index is 12.7. The topological polar surface area (TPSA) is 68.3 Å². The summed E-state index contributed by atoms with van der Waals surface area (Å²) in [6, 6.07) is 8.61. The summed E-state index contributed by atoms with van der Waals surface area (Å²) in [6.07, 6.45) is 1.39. The van der Waals surface area contributed by atoms with Crippen molar-refractivity contribution in [1.29, 1.82) is 0 Å². The zero-order valence-corrected chi connectivity index (χ0v) is 11.5. The second-order valence-electron chi connectivity index (χ2n) is 3.94.